The van der Waals surface area contributed by atoms with E-state index in [0.29, 0.717) is 0 Å². The van der Waals surface area contributed by atoms with E-state index in [0.717, 1.165) is 38.8 Å². The lowest BCUT2D eigenvalue weighted by Gasteiger charge is -2.05. The standard InChI is InChI=1S/C18H16N4S/c1-12-6-5-9-17-21-14(10-22(12)17)11-23-18-15-7-3-4-8-16(15)19-13(2)20-18/h3-10H,11H2,1-2H3. The van der Waals surface area contributed by atoms with Crippen LogP contribution in [0, 0.1) is 13.8 Å². The third-order valence-electron chi connectivity index (χ3n) is 3.78. The predicted octanol–water partition coefficient (Wildman–Crippen LogP) is 4.19. The van der Waals surface area contributed by atoms with Gasteiger partial charge in [0.25, 0.3) is 0 Å². The number of thioether (sulfide) groups is 1. The van der Waals surface area contributed by atoms with E-state index in [-0.39, 0.29) is 0 Å². The first kappa shape index (κ1) is 14.2. The van der Waals surface area contributed by atoms with Crippen molar-refractivity contribution in [3.8, 4) is 0 Å². The number of benzene rings is 1. The van der Waals surface area contributed by atoms with Crippen molar-refractivity contribution in [2.24, 2.45) is 0 Å². The first-order valence-electron chi connectivity index (χ1n) is 7.50. The van der Waals surface area contributed by atoms with E-state index in [1.54, 1.807) is 11.8 Å². The smallest absolute Gasteiger partial charge is 0.137 e. The van der Waals surface area contributed by atoms with Gasteiger partial charge in [0, 0.05) is 23.0 Å². The third kappa shape index (κ3) is 2.68. The van der Waals surface area contributed by atoms with Gasteiger partial charge in [-0.25, -0.2) is 15.0 Å². The van der Waals surface area contributed by atoms with E-state index < -0.39 is 0 Å². The number of para-hydroxylation sites is 1. The highest BCUT2D eigenvalue weighted by molar-refractivity contribution is 7.98. The lowest BCUT2D eigenvalue weighted by atomic mass is 10.2. The van der Waals surface area contributed by atoms with Crippen molar-refractivity contribution in [3.05, 3.63) is 65.9 Å². The maximum absolute atomic E-state index is 4.69. The molecular weight excluding hydrogens is 304 g/mol. The summed E-state index contributed by atoms with van der Waals surface area (Å²) in [6.07, 6.45) is 2.11. The number of aromatic nitrogens is 4. The quantitative estimate of drug-likeness (QED) is 0.419. The average molecular weight is 320 g/mol. The zero-order valence-corrected chi connectivity index (χ0v) is 13.8. The van der Waals surface area contributed by atoms with Crippen molar-refractivity contribution in [2.45, 2.75) is 24.6 Å². The molecule has 114 valence electrons. The zero-order chi connectivity index (χ0) is 15.8. The topological polar surface area (TPSA) is 43.1 Å². The molecule has 5 heteroatoms. The number of rotatable bonds is 3. The van der Waals surface area contributed by atoms with E-state index >= 15 is 0 Å². The number of nitrogens with zero attached hydrogens (tertiary/aromatic N) is 4. The molecule has 0 aliphatic heterocycles. The van der Waals surface area contributed by atoms with Gasteiger partial charge in [-0.1, -0.05) is 36.0 Å². The predicted molar refractivity (Wildman–Crippen MR) is 93.8 cm³/mol. The largest absolute Gasteiger partial charge is 0.304 e. The molecule has 0 aliphatic rings. The molecule has 4 aromatic rings. The van der Waals surface area contributed by atoms with E-state index in [2.05, 4.69) is 44.6 Å². The van der Waals surface area contributed by atoms with Gasteiger partial charge in [-0.15, -0.1) is 0 Å². The highest BCUT2D eigenvalue weighted by Gasteiger charge is 2.08. The highest BCUT2D eigenvalue weighted by atomic mass is 32.2. The number of hydrogen-bond acceptors (Lipinski definition) is 4. The summed E-state index contributed by atoms with van der Waals surface area (Å²) in [5, 5.41) is 2.12. The lowest BCUT2D eigenvalue weighted by Crippen LogP contribution is -1.93. The fourth-order valence-corrected chi connectivity index (χ4v) is 3.63. The average Bonchev–Trinajstić information content (AvgIpc) is 2.97. The van der Waals surface area contributed by atoms with Gasteiger partial charge >= 0.3 is 0 Å². The van der Waals surface area contributed by atoms with Crippen LogP contribution in [0.1, 0.15) is 17.2 Å². The van der Waals surface area contributed by atoms with E-state index in [1.807, 2.05) is 37.3 Å². The summed E-state index contributed by atoms with van der Waals surface area (Å²) in [6.45, 7) is 4.03. The molecule has 0 unspecified atom stereocenters. The minimum Gasteiger partial charge on any atom is -0.304 e. The second-order valence-electron chi connectivity index (χ2n) is 5.51. The van der Waals surface area contributed by atoms with Gasteiger partial charge in [0.15, 0.2) is 0 Å². The molecule has 23 heavy (non-hydrogen) atoms. The number of hydrogen-bond donors (Lipinski definition) is 0. The highest BCUT2D eigenvalue weighted by Crippen LogP contribution is 2.27. The molecule has 0 spiro atoms. The molecule has 4 rings (SSSR count). The molecule has 0 aliphatic carbocycles. The Morgan fingerprint density at radius 1 is 0.957 bits per heavy atom. The summed E-state index contributed by atoms with van der Waals surface area (Å²) in [4.78, 5) is 13.8. The van der Waals surface area contributed by atoms with Crippen LogP contribution < -0.4 is 0 Å². The molecular formula is C18H16N4S. The van der Waals surface area contributed by atoms with Crippen LogP contribution in [-0.4, -0.2) is 19.4 Å². The minimum absolute atomic E-state index is 0.793. The van der Waals surface area contributed by atoms with Gasteiger partial charge in [-0.05, 0) is 32.0 Å². The first-order valence-corrected chi connectivity index (χ1v) is 8.49. The monoisotopic (exact) mass is 320 g/mol. The van der Waals surface area contributed by atoms with Gasteiger partial charge < -0.3 is 4.40 Å². The van der Waals surface area contributed by atoms with Gasteiger partial charge in [0.1, 0.15) is 16.5 Å². The van der Waals surface area contributed by atoms with E-state index in [1.165, 1.54) is 5.69 Å². The van der Waals surface area contributed by atoms with E-state index in [4.69, 9.17) is 0 Å². The van der Waals surface area contributed by atoms with Crippen LogP contribution in [0.25, 0.3) is 16.6 Å². The molecule has 0 radical (unpaired) electrons. The Balaban J connectivity index is 1.67. The van der Waals surface area contributed by atoms with Crippen LogP contribution in [0.5, 0.6) is 0 Å². The van der Waals surface area contributed by atoms with Gasteiger partial charge in [-0.2, -0.15) is 0 Å². The fraction of sp³-hybridized carbons (Fsp3) is 0.167. The summed E-state index contributed by atoms with van der Waals surface area (Å²) in [5.41, 5.74) is 4.23. The molecule has 0 fully saturated rings. The molecule has 3 aromatic heterocycles. The Morgan fingerprint density at radius 2 is 1.83 bits per heavy atom. The number of aryl methyl sites for hydroxylation is 2. The van der Waals surface area contributed by atoms with Crippen LogP contribution in [0.2, 0.25) is 0 Å². The van der Waals surface area contributed by atoms with Crippen molar-refractivity contribution in [2.75, 3.05) is 0 Å². The molecule has 0 saturated carbocycles. The summed E-state index contributed by atoms with van der Waals surface area (Å²) in [5.74, 6) is 1.60. The Kier molecular flexibility index (Phi) is 3.50. The zero-order valence-electron chi connectivity index (χ0n) is 13.0. The Labute approximate surface area is 138 Å². The molecule has 0 N–H and O–H groups in total. The summed E-state index contributed by atoms with van der Waals surface area (Å²) in [7, 11) is 0. The third-order valence-corrected chi connectivity index (χ3v) is 4.81. The Hall–Kier alpha value is -2.40. The molecule has 0 atom stereocenters. The normalized spacial score (nSPS) is 11.4. The van der Waals surface area contributed by atoms with Crippen molar-refractivity contribution < 1.29 is 0 Å². The van der Waals surface area contributed by atoms with Crippen molar-refractivity contribution >= 4 is 28.3 Å². The Bertz CT molecular complexity index is 1010. The van der Waals surface area contributed by atoms with Crippen molar-refractivity contribution in [3.63, 3.8) is 0 Å². The van der Waals surface area contributed by atoms with Gasteiger partial charge in [0.2, 0.25) is 0 Å². The number of imidazole rings is 1. The molecule has 0 bridgehead atoms. The number of pyridine rings is 1. The summed E-state index contributed by atoms with van der Waals surface area (Å²) in [6, 6.07) is 14.3. The van der Waals surface area contributed by atoms with E-state index in [9.17, 15) is 0 Å². The molecule has 0 saturated heterocycles. The first-order chi connectivity index (χ1) is 11.2. The van der Waals surface area contributed by atoms with Crippen molar-refractivity contribution in [1.29, 1.82) is 0 Å². The Morgan fingerprint density at radius 3 is 2.70 bits per heavy atom. The molecule has 4 nitrogen and oxygen atoms in total. The molecule has 1 aromatic carbocycles. The summed E-state index contributed by atoms with van der Waals surface area (Å²) < 4.78 is 2.12. The van der Waals surface area contributed by atoms with Gasteiger partial charge in [0.05, 0.1) is 11.2 Å². The second kappa shape index (κ2) is 5.66. The van der Waals surface area contributed by atoms with Crippen molar-refractivity contribution in [1.82, 2.24) is 19.4 Å². The lowest BCUT2D eigenvalue weighted by molar-refractivity contribution is 1.01. The van der Waals surface area contributed by atoms with Gasteiger partial charge in [-0.3, -0.25) is 0 Å². The fourth-order valence-electron chi connectivity index (χ4n) is 2.68. The molecule has 3 heterocycles. The SMILES string of the molecule is Cc1nc(SCc2cn3c(C)cccc3n2)c2ccccc2n1. The maximum Gasteiger partial charge on any atom is 0.137 e. The van der Waals surface area contributed by atoms with Crippen LogP contribution >= 0.6 is 11.8 Å². The number of fused-ring (bicyclic) bond motifs is 2. The van der Waals surface area contributed by atoms with Crippen LogP contribution in [0.3, 0.4) is 0 Å². The van der Waals surface area contributed by atoms with Crippen LogP contribution in [0.4, 0.5) is 0 Å². The minimum atomic E-state index is 0.793. The van der Waals surface area contributed by atoms with Crippen LogP contribution in [-0.2, 0) is 5.75 Å². The summed E-state index contributed by atoms with van der Waals surface area (Å²) >= 11 is 1.71. The maximum atomic E-state index is 4.69. The molecule has 0 amide bonds. The second-order valence-corrected chi connectivity index (χ2v) is 6.47. The van der Waals surface area contributed by atoms with Crippen LogP contribution in [0.15, 0.2) is 53.7 Å².